The van der Waals surface area contributed by atoms with Crippen molar-refractivity contribution in [2.45, 2.75) is 46.3 Å². The van der Waals surface area contributed by atoms with Gasteiger partial charge in [0.05, 0.1) is 18.6 Å². The van der Waals surface area contributed by atoms with Gasteiger partial charge in [-0.1, -0.05) is 20.8 Å². The molecule has 0 spiro atoms. The maximum absolute atomic E-state index is 9.85. The standard InChI is InChI=1S/C13H23NO2/c1-10(11-5-6-16-9-11)14-8-12(15)7-13(2,3)4/h5-6,9-10,12,14-15H,7-8H2,1-4H3. The average molecular weight is 225 g/mol. The van der Waals surface area contributed by atoms with Gasteiger partial charge in [-0.15, -0.1) is 0 Å². The molecule has 0 amide bonds. The Balaban J connectivity index is 2.29. The molecule has 16 heavy (non-hydrogen) atoms. The lowest BCUT2D eigenvalue weighted by Gasteiger charge is -2.23. The summed E-state index contributed by atoms with van der Waals surface area (Å²) in [5.74, 6) is 0. The Hall–Kier alpha value is -0.800. The Labute approximate surface area is 97.9 Å². The Morgan fingerprint density at radius 2 is 2.12 bits per heavy atom. The fourth-order valence-corrected chi connectivity index (χ4v) is 1.73. The lowest BCUT2D eigenvalue weighted by Crippen LogP contribution is -2.31. The van der Waals surface area contributed by atoms with Gasteiger partial charge in [0.1, 0.15) is 0 Å². The topological polar surface area (TPSA) is 45.4 Å². The molecule has 0 fully saturated rings. The van der Waals surface area contributed by atoms with Crippen LogP contribution >= 0.6 is 0 Å². The summed E-state index contributed by atoms with van der Waals surface area (Å²) in [5, 5.41) is 13.1. The van der Waals surface area contributed by atoms with Crippen molar-refractivity contribution in [3.63, 3.8) is 0 Å². The number of aliphatic hydroxyl groups is 1. The van der Waals surface area contributed by atoms with E-state index in [-0.39, 0.29) is 17.6 Å². The van der Waals surface area contributed by atoms with Crippen LogP contribution in [0.15, 0.2) is 23.0 Å². The van der Waals surface area contributed by atoms with E-state index in [1.165, 1.54) is 0 Å². The molecule has 2 N–H and O–H groups in total. The third-order valence-electron chi connectivity index (χ3n) is 2.55. The van der Waals surface area contributed by atoms with Gasteiger partial charge in [-0.05, 0) is 24.8 Å². The van der Waals surface area contributed by atoms with Gasteiger partial charge >= 0.3 is 0 Å². The van der Waals surface area contributed by atoms with Gasteiger partial charge < -0.3 is 14.8 Å². The third-order valence-corrected chi connectivity index (χ3v) is 2.55. The van der Waals surface area contributed by atoms with Crippen LogP contribution < -0.4 is 5.32 Å². The van der Waals surface area contributed by atoms with E-state index in [0.717, 1.165) is 12.0 Å². The quantitative estimate of drug-likeness (QED) is 0.810. The zero-order valence-electron chi connectivity index (χ0n) is 10.7. The predicted molar refractivity (Wildman–Crippen MR) is 65.2 cm³/mol. The normalized spacial score (nSPS) is 16.1. The van der Waals surface area contributed by atoms with Crippen molar-refractivity contribution in [3.8, 4) is 0 Å². The number of hydrogen-bond donors (Lipinski definition) is 2. The smallest absolute Gasteiger partial charge is 0.0950 e. The molecule has 1 heterocycles. The van der Waals surface area contributed by atoms with E-state index < -0.39 is 0 Å². The van der Waals surface area contributed by atoms with Crippen LogP contribution in [0.25, 0.3) is 0 Å². The molecule has 1 aromatic heterocycles. The minimum atomic E-state index is -0.297. The number of rotatable bonds is 5. The Bertz CT molecular complexity index is 287. The van der Waals surface area contributed by atoms with Crippen LogP contribution in [-0.2, 0) is 0 Å². The van der Waals surface area contributed by atoms with E-state index in [9.17, 15) is 5.11 Å². The molecule has 2 unspecified atom stereocenters. The highest BCUT2D eigenvalue weighted by molar-refractivity contribution is 5.10. The first-order valence-corrected chi connectivity index (χ1v) is 5.82. The molecule has 92 valence electrons. The first-order chi connectivity index (χ1) is 7.38. The first-order valence-electron chi connectivity index (χ1n) is 5.82. The summed E-state index contributed by atoms with van der Waals surface area (Å²) in [4.78, 5) is 0. The molecule has 1 rings (SSSR count). The molecule has 3 heteroatoms. The molecular formula is C13H23NO2. The number of hydrogen-bond acceptors (Lipinski definition) is 3. The van der Waals surface area contributed by atoms with Crippen molar-refractivity contribution >= 4 is 0 Å². The van der Waals surface area contributed by atoms with Crippen LogP contribution in [0.5, 0.6) is 0 Å². The highest BCUT2D eigenvalue weighted by atomic mass is 16.3. The number of aliphatic hydroxyl groups excluding tert-OH is 1. The van der Waals surface area contributed by atoms with Gasteiger partial charge in [-0.25, -0.2) is 0 Å². The molecule has 2 atom stereocenters. The average Bonchev–Trinajstić information content (AvgIpc) is 2.64. The lowest BCUT2D eigenvalue weighted by molar-refractivity contribution is 0.117. The van der Waals surface area contributed by atoms with Crippen molar-refractivity contribution in [1.29, 1.82) is 0 Å². The van der Waals surface area contributed by atoms with E-state index in [2.05, 4.69) is 33.0 Å². The van der Waals surface area contributed by atoms with Crippen LogP contribution in [0.1, 0.15) is 45.7 Å². The molecular weight excluding hydrogens is 202 g/mol. The summed E-state index contributed by atoms with van der Waals surface area (Å²) in [6.07, 6.45) is 3.90. The van der Waals surface area contributed by atoms with E-state index in [1.54, 1.807) is 12.5 Å². The summed E-state index contributed by atoms with van der Waals surface area (Å²) in [6.45, 7) is 9.08. The highest BCUT2D eigenvalue weighted by Gasteiger charge is 2.17. The molecule has 0 bridgehead atoms. The van der Waals surface area contributed by atoms with E-state index >= 15 is 0 Å². The maximum Gasteiger partial charge on any atom is 0.0950 e. The van der Waals surface area contributed by atoms with Gasteiger partial charge in [0.15, 0.2) is 0 Å². The fraction of sp³-hybridized carbons (Fsp3) is 0.692. The number of furan rings is 1. The predicted octanol–water partition coefficient (Wildman–Crippen LogP) is 2.73. The van der Waals surface area contributed by atoms with Gasteiger partial charge in [0.2, 0.25) is 0 Å². The van der Waals surface area contributed by atoms with E-state index in [1.807, 2.05) is 6.07 Å². The van der Waals surface area contributed by atoms with Crippen molar-refractivity contribution in [3.05, 3.63) is 24.2 Å². The van der Waals surface area contributed by atoms with Crippen LogP contribution in [0, 0.1) is 5.41 Å². The molecule has 1 aromatic rings. The SMILES string of the molecule is CC(NCC(O)CC(C)(C)C)c1ccoc1. The fourth-order valence-electron chi connectivity index (χ4n) is 1.73. The van der Waals surface area contributed by atoms with Crippen LogP contribution in [0.3, 0.4) is 0 Å². The van der Waals surface area contributed by atoms with Crippen LogP contribution in [-0.4, -0.2) is 17.8 Å². The Kier molecular flexibility index (Phi) is 4.56. The zero-order valence-corrected chi connectivity index (χ0v) is 10.7. The second kappa shape index (κ2) is 5.51. The summed E-state index contributed by atoms with van der Waals surface area (Å²) in [7, 11) is 0. The molecule has 0 aliphatic carbocycles. The van der Waals surface area contributed by atoms with Gasteiger partial charge in [-0.3, -0.25) is 0 Å². The zero-order chi connectivity index (χ0) is 12.2. The molecule has 0 aromatic carbocycles. The molecule has 0 aliphatic heterocycles. The van der Waals surface area contributed by atoms with Gasteiger partial charge in [-0.2, -0.15) is 0 Å². The third kappa shape index (κ3) is 4.81. The lowest BCUT2D eigenvalue weighted by atomic mass is 9.89. The summed E-state index contributed by atoms with van der Waals surface area (Å²) < 4.78 is 5.02. The van der Waals surface area contributed by atoms with Gasteiger partial charge in [0, 0.05) is 18.2 Å². The van der Waals surface area contributed by atoms with Gasteiger partial charge in [0.25, 0.3) is 0 Å². The van der Waals surface area contributed by atoms with Crippen molar-refractivity contribution in [1.82, 2.24) is 5.32 Å². The summed E-state index contributed by atoms with van der Waals surface area (Å²) >= 11 is 0. The van der Waals surface area contributed by atoms with Crippen molar-refractivity contribution < 1.29 is 9.52 Å². The minimum absolute atomic E-state index is 0.167. The summed E-state index contributed by atoms with van der Waals surface area (Å²) in [6, 6.07) is 2.15. The molecule has 0 aliphatic rings. The monoisotopic (exact) mass is 225 g/mol. The first kappa shape index (κ1) is 13.3. The molecule has 0 saturated heterocycles. The Morgan fingerprint density at radius 1 is 1.44 bits per heavy atom. The second-order valence-electron chi connectivity index (χ2n) is 5.61. The summed E-state index contributed by atoms with van der Waals surface area (Å²) in [5.41, 5.74) is 1.28. The minimum Gasteiger partial charge on any atom is -0.472 e. The van der Waals surface area contributed by atoms with Crippen LogP contribution in [0.2, 0.25) is 0 Å². The van der Waals surface area contributed by atoms with E-state index in [4.69, 9.17) is 4.42 Å². The number of nitrogens with one attached hydrogen (secondary N) is 1. The van der Waals surface area contributed by atoms with Crippen molar-refractivity contribution in [2.24, 2.45) is 5.41 Å². The second-order valence-corrected chi connectivity index (χ2v) is 5.61. The van der Waals surface area contributed by atoms with Crippen LogP contribution in [0.4, 0.5) is 0 Å². The molecule has 0 radical (unpaired) electrons. The molecule has 3 nitrogen and oxygen atoms in total. The Morgan fingerprint density at radius 3 is 2.62 bits per heavy atom. The maximum atomic E-state index is 9.85. The van der Waals surface area contributed by atoms with E-state index in [0.29, 0.717) is 6.54 Å². The van der Waals surface area contributed by atoms with Crippen molar-refractivity contribution in [2.75, 3.05) is 6.54 Å². The largest absolute Gasteiger partial charge is 0.472 e. The molecule has 0 saturated carbocycles. The highest BCUT2D eigenvalue weighted by Crippen LogP contribution is 2.21.